The van der Waals surface area contributed by atoms with Crippen molar-refractivity contribution in [3.63, 3.8) is 0 Å². The van der Waals surface area contributed by atoms with Crippen molar-refractivity contribution in [2.75, 3.05) is 19.7 Å². The molecule has 0 bridgehead atoms. The van der Waals surface area contributed by atoms with Crippen LogP contribution in [0.1, 0.15) is 35.2 Å². The molecule has 1 saturated heterocycles. The Morgan fingerprint density at radius 2 is 1.59 bits per heavy atom. The van der Waals surface area contributed by atoms with Crippen LogP contribution in [-0.4, -0.2) is 44.3 Å². The standard InChI is InChI=1S/C21H24N2O5S/c24-20(22-15-17-9-3-1-4-10-17)16-28-21(25)18-11-5-6-12-19(18)29(26,27)23-13-7-2-8-14-23/h1,3-6,9-12H,2,7-8,13-16H2,(H,22,24). The third-order valence-electron chi connectivity index (χ3n) is 4.71. The SMILES string of the molecule is O=C(COC(=O)c1ccccc1S(=O)(=O)N1CCCCC1)NCc1ccccc1. The third-order valence-corrected chi connectivity index (χ3v) is 6.66. The minimum absolute atomic E-state index is 0.0612. The van der Waals surface area contributed by atoms with E-state index in [2.05, 4.69) is 5.32 Å². The highest BCUT2D eigenvalue weighted by Gasteiger charge is 2.30. The van der Waals surface area contributed by atoms with Crippen molar-refractivity contribution >= 4 is 21.9 Å². The van der Waals surface area contributed by atoms with Crippen LogP contribution < -0.4 is 5.32 Å². The molecule has 1 heterocycles. The molecule has 0 atom stereocenters. The normalized spacial score (nSPS) is 14.9. The van der Waals surface area contributed by atoms with Crippen molar-refractivity contribution in [3.8, 4) is 0 Å². The molecule has 0 saturated carbocycles. The lowest BCUT2D eigenvalue weighted by molar-refractivity contribution is -0.124. The van der Waals surface area contributed by atoms with Crippen LogP contribution in [0, 0.1) is 0 Å². The lowest BCUT2D eigenvalue weighted by atomic mass is 10.2. The van der Waals surface area contributed by atoms with Crippen molar-refractivity contribution in [3.05, 3.63) is 65.7 Å². The molecule has 154 valence electrons. The molecule has 0 aromatic heterocycles. The fraction of sp³-hybridized carbons (Fsp3) is 0.333. The van der Waals surface area contributed by atoms with Crippen LogP contribution in [0.25, 0.3) is 0 Å². The van der Waals surface area contributed by atoms with Gasteiger partial charge in [-0.25, -0.2) is 13.2 Å². The second-order valence-electron chi connectivity index (χ2n) is 6.80. The van der Waals surface area contributed by atoms with Crippen LogP contribution in [0.2, 0.25) is 0 Å². The minimum Gasteiger partial charge on any atom is -0.452 e. The number of carbonyl (C=O) groups is 2. The Hall–Kier alpha value is -2.71. The van der Waals surface area contributed by atoms with Gasteiger partial charge in [0.25, 0.3) is 5.91 Å². The topological polar surface area (TPSA) is 92.8 Å². The molecule has 1 amide bonds. The molecule has 0 radical (unpaired) electrons. The van der Waals surface area contributed by atoms with Crippen molar-refractivity contribution in [2.45, 2.75) is 30.7 Å². The van der Waals surface area contributed by atoms with Gasteiger partial charge in [0, 0.05) is 19.6 Å². The number of hydrogen-bond donors (Lipinski definition) is 1. The lowest BCUT2D eigenvalue weighted by Gasteiger charge is -2.26. The molecule has 29 heavy (non-hydrogen) atoms. The van der Waals surface area contributed by atoms with Gasteiger partial charge in [-0.3, -0.25) is 4.79 Å². The van der Waals surface area contributed by atoms with Gasteiger partial charge in [-0.15, -0.1) is 0 Å². The molecular weight excluding hydrogens is 392 g/mol. The van der Waals surface area contributed by atoms with E-state index < -0.39 is 28.5 Å². The van der Waals surface area contributed by atoms with Crippen LogP contribution in [0.3, 0.4) is 0 Å². The first-order valence-electron chi connectivity index (χ1n) is 9.55. The van der Waals surface area contributed by atoms with Gasteiger partial charge in [0.1, 0.15) is 0 Å². The highest BCUT2D eigenvalue weighted by molar-refractivity contribution is 7.89. The zero-order chi connectivity index (χ0) is 20.7. The molecule has 1 aliphatic heterocycles. The summed E-state index contributed by atoms with van der Waals surface area (Å²) in [6.07, 6.45) is 2.59. The van der Waals surface area contributed by atoms with E-state index in [-0.39, 0.29) is 10.5 Å². The summed E-state index contributed by atoms with van der Waals surface area (Å²) in [7, 11) is -3.79. The van der Waals surface area contributed by atoms with Crippen LogP contribution in [0.5, 0.6) is 0 Å². The first kappa shape index (κ1) is 21.0. The number of rotatable bonds is 7. The predicted octanol–water partition coefficient (Wildman–Crippen LogP) is 2.33. The van der Waals surface area contributed by atoms with Crippen molar-refractivity contribution in [2.24, 2.45) is 0 Å². The van der Waals surface area contributed by atoms with Crippen LogP contribution in [-0.2, 0) is 26.1 Å². The first-order chi connectivity index (χ1) is 14.0. The second-order valence-corrected chi connectivity index (χ2v) is 8.71. The van der Waals surface area contributed by atoms with Gasteiger partial charge in [0.05, 0.1) is 10.5 Å². The molecule has 0 aliphatic carbocycles. The number of hydrogen-bond acceptors (Lipinski definition) is 5. The Morgan fingerprint density at radius 3 is 2.31 bits per heavy atom. The van der Waals surface area contributed by atoms with E-state index >= 15 is 0 Å². The summed E-state index contributed by atoms with van der Waals surface area (Å²) in [5.41, 5.74) is 0.860. The molecule has 3 rings (SSSR count). The number of ether oxygens (including phenoxy) is 1. The minimum atomic E-state index is -3.79. The summed E-state index contributed by atoms with van der Waals surface area (Å²) < 4.78 is 32.4. The maximum Gasteiger partial charge on any atom is 0.340 e. The van der Waals surface area contributed by atoms with E-state index in [0.29, 0.717) is 19.6 Å². The van der Waals surface area contributed by atoms with Crippen molar-refractivity contribution in [1.29, 1.82) is 0 Å². The average Bonchev–Trinajstić information content (AvgIpc) is 2.77. The lowest BCUT2D eigenvalue weighted by Crippen LogP contribution is -2.36. The number of amides is 1. The number of sulfonamides is 1. The van der Waals surface area contributed by atoms with E-state index in [1.54, 1.807) is 12.1 Å². The van der Waals surface area contributed by atoms with Gasteiger partial charge in [0.15, 0.2) is 6.61 Å². The quantitative estimate of drug-likeness (QED) is 0.700. The second kappa shape index (κ2) is 9.67. The van der Waals surface area contributed by atoms with Gasteiger partial charge in [-0.1, -0.05) is 48.9 Å². The Bertz CT molecular complexity index is 954. The average molecular weight is 416 g/mol. The van der Waals surface area contributed by atoms with E-state index in [0.717, 1.165) is 24.8 Å². The Balaban J connectivity index is 1.63. The first-order valence-corrected chi connectivity index (χ1v) is 11.0. The maximum atomic E-state index is 12.9. The largest absolute Gasteiger partial charge is 0.452 e. The maximum absolute atomic E-state index is 12.9. The fourth-order valence-electron chi connectivity index (χ4n) is 3.16. The molecule has 1 N–H and O–H groups in total. The van der Waals surface area contributed by atoms with E-state index in [9.17, 15) is 18.0 Å². The Morgan fingerprint density at radius 1 is 0.931 bits per heavy atom. The molecule has 7 nitrogen and oxygen atoms in total. The summed E-state index contributed by atoms with van der Waals surface area (Å²) >= 11 is 0. The molecule has 2 aromatic carbocycles. The smallest absolute Gasteiger partial charge is 0.340 e. The number of nitrogens with one attached hydrogen (secondary N) is 1. The number of benzene rings is 2. The Kier molecular flexibility index (Phi) is 7.00. The molecule has 8 heteroatoms. The summed E-state index contributed by atoms with van der Waals surface area (Å²) in [6.45, 7) is 0.710. The van der Waals surface area contributed by atoms with E-state index in [4.69, 9.17) is 4.74 Å². The monoisotopic (exact) mass is 416 g/mol. The molecule has 0 spiro atoms. The molecule has 1 fully saturated rings. The third kappa shape index (κ3) is 5.42. The van der Waals surface area contributed by atoms with Gasteiger partial charge >= 0.3 is 5.97 Å². The number of esters is 1. The Labute approximate surface area is 170 Å². The van der Waals surface area contributed by atoms with Crippen LogP contribution in [0.4, 0.5) is 0 Å². The summed E-state index contributed by atoms with van der Waals surface area (Å²) in [4.78, 5) is 24.4. The summed E-state index contributed by atoms with van der Waals surface area (Å²) in [5.74, 6) is -1.30. The highest BCUT2D eigenvalue weighted by Crippen LogP contribution is 2.24. The zero-order valence-electron chi connectivity index (χ0n) is 16.0. The summed E-state index contributed by atoms with van der Waals surface area (Å²) in [6, 6.07) is 15.3. The highest BCUT2D eigenvalue weighted by atomic mass is 32.2. The van der Waals surface area contributed by atoms with E-state index in [1.807, 2.05) is 30.3 Å². The predicted molar refractivity (Wildman–Crippen MR) is 108 cm³/mol. The number of piperidine rings is 1. The van der Waals surface area contributed by atoms with Crippen molar-refractivity contribution in [1.82, 2.24) is 9.62 Å². The van der Waals surface area contributed by atoms with Gasteiger partial charge in [-0.2, -0.15) is 4.31 Å². The van der Waals surface area contributed by atoms with Crippen molar-refractivity contribution < 1.29 is 22.7 Å². The van der Waals surface area contributed by atoms with E-state index in [1.165, 1.54) is 16.4 Å². The van der Waals surface area contributed by atoms with Crippen LogP contribution in [0.15, 0.2) is 59.5 Å². The summed E-state index contributed by atoms with van der Waals surface area (Å²) in [5, 5.41) is 2.66. The van der Waals surface area contributed by atoms with Crippen LogP contribution >= 0.6 is 0 Å². The fourth-order valence-corrected chi connectivity index (χ4v) is 4.86. The number of nitrogens with zero attached hydrogens (tertiary/aromatic N) is 1. The zero-order valence-corrected chi connectivity index (χ0v) is 16.9. The van der Waals surface area contributed by atoms with Gasteiger partial charge in [-0.05, 0) is 30.5 Å². The molecule has 1 aliphatic rings. The molecule has 0 unspecified atom stereocenters. The molecule has 2 aromatic rings. The number of carbonyl (C=O) groups excluding carboxylic acids is 2. The molecular formula is C21H24N2O5S. The van der Waals surface area contributed by atoms with Gasteiger partial charge in [0.2, 0.25) is 10.0 Å². The van der Waals surface area contributed by atoms with Gasteiger partial charge < -0.3 is 10.1 Å².